The maximum absolute atomic E-state index is 6.98. The third-order valence-electron chi connectivity index (χ3n) is 10.0. The molecule has 0 radical (unpaired) electrons. The van der Waals surface area contributed by atoms with Crippen molar-refractivity contribution in [2.75, 3.05) is 6.61 Å². The van der Waals surface area contributed by atoms with Gasteiger partial charge in [-0.3, -0.25) is 4.52 Å². The average Bonchev–Trinajstić information content (AvgIpc) is 2.96. The number of unbranched alkanes of at least 4 members (excludes halogenated alkanes) is 11. The van der Waals surface area contributed by atoms with Crippen LogP contribution in [0.3, 0.4) is 0 Å². The fourth-order valence-corrected chi connectivity index (χ4v) is 7.73. The molecule has 3 rings (SSSR count). The van der Waals surface area contributed by atoms with Gasteiger partial charge < -0.3 is 9.05 Å². The molecular formula is C44H73O3P. The minimum Gasteiger partial charge on any atom is -0.417 e. The molecule has 0 aliphatic carbocycles. The summed E-state index contributed by atoms with van der Waals surface area (Å²) in [5, 5.41) is 0. The molecule has 1 aliphatic heterocycles. The van der Waals surface area contributed by atoms with Gasteiger partial charge >= 0.3 is 8.60 Å². The van der Waals surface area contributed by atoms with Crippen LogP contribution in [0, 0.1) is 0 Å². The molecule has 0 spiro atoms. The Balaban J connectivity index is 1.92. The van der Waals surface area contributed by atoms with Crippen molar-refractivity contribution in [1.82, 2.24) is 0 Å². The lowest BCUT2D eigenvalue weighted by atomic mass is 9.74. The van der Waals surface area contributed by atoms with Crippen LogP contribution in [-0.2, 0) is 26.2 Å². The molecule has 0 N–H and O–H groups in total. The molecule has 0 saturated heterocycles. The number of hydrogen-bond donors (Lipinski definition) is 0. The third kappa shape index (κ3) is 11.5. The molecule has 2 aromatic rings. The van der Waals surface area contributed by atoms with E-state index >= 15 is 0 Å². The fraction of sp³-hybridized carbons (Fsp3) is 0.727. The quantitative estimate of drug-likeness (QED) is 0.147. The molecule has 48 heavy (non-hydrogen) atoms. The number of fused-ring (bicyclic) bond motifs is 2. The van der Waals surface area contributed by atoms with E-state index in [4.69, 9.17) is 13.6 Å². The summed E-state index contributed by atoms with van der Waals surface area (Å²) in [6, 6.07) is 9.56. The van der Waals surface area contributed by atoms with Crippen molar-refractivity contribution in [3.63, 3.8) is 0 Å². The first kappa shape index (κ1) is 40.9. The molecule has 0 atom stereocenters. The fourth-order valence-electron chi connectivity index (χ4n) is 6.60. The molecule has 0 unspecified atom stereocenters. The molecule has 0 fully saturated rings. The normalized spacial score (nSPS) is 17.2. The molecule has 2 aromatic carbocycles. The smallest absolute Gasteiger partial charge is 0.417 e. The highest BCUT2D eigenvalue weighted by atomic mass is 31.2. The van der Waals surface area contributed by atoms with Gasteiger partial charge in [-0.05, 0) is 39.2 Å². The first-order valence-electron chi connectivity index (χ1n) is 19.4. The van der Waals surface area contributed by atoms with Crippen molar-refractivity contribution >= 4 is 8.60 Å². The van der Waals surface area contributed by atoms with Crippen LogP contribution >= 0.6 is 8.60 Å². The van der Waals surface area contributed by atoms with E-state index in [0.717, 1.165) is 17.9 Å². The molecule has 272 valence electrons. The Morgan fingerprint density at radius 1 is 0.521 bits per heavy atom. The van der Waals surface area contributed by atoms with Crippen LogP contribution in [0.25, 0.3) is 0 Å². The highest BCUT2D eigenvalue weighted by molar-refractivity contribution is 7.42. The molecule has 0 bridgehead atoms. The van der Waals surface area contributed by atoms with E-state index in [1.54, 1.807) is 0 Å². The minimum absolute atomic E-state index is 0.0101. The van der Waals surface area contributed by atoms with E-state index in [1.165, 1.54) is 104 Å². The van der Waals surface area contributed by atoms with Gasteiger partial charge in [-0.25, -0.2) is 0 Å². The second kappa shape index (κ2) is 17.1. The Bertz CT molecular complexity index is 1210. The third-order valence-corrected chi connectivity index (χ3v) is 11.1. The van der Waals surface area contributed by atoms with Gasteiger partial charge in [-0.2, -0.15) is 0 Å². The zero-order valence-electron chi connectivity index (χ0n) is 33.8. The van der Waals surface area contributed by atoms with Crippen LogP contribution in [-0.4, -0.2) is 6.61 Å². The van der Waals surface area contributed by atoms with Gasteiger partial charge in [0, 0.05) is 28.2 Å². The van der Waals surface area contributed by atoms with Crippen LogP contribution in [0.2, 0.25) is 0 Å². The summed E-state index contributed by atoms with van der Waals surface area (Å²) in [4.78, 5) is 0. The van der Waals surface area contributed by atoms with Crippen molar-refractivity contribution in [3.05, 3.63) is 57.6 Å². The molecule has 0 amide bonds. The van der Waals surface area contributed by atoms with Crippen molar-refractivity contribution in [2.24, 2.45) is 0 Å². The molecule has 0 saturated carbocycles. The number of hydrogen-bond acceptors (Lipinski definition) is 3. The summed E-state index contributed by atoms with van der Waals surface area (Å²) >= 11 is 0. The Morgan fingerprint density at radius 2 is 0.875 bits per heavy atom. The highest BCUT2D eigenvalue weighted by Gasteiger charge is 2.37. The van der Waals surface area contributed by atoms with Crippen LogP contribution in [0.15, 0.2) is 24.3 Å². The largest absolute Gasteiger partial charge is 0.463 e. The first-order valence-corrected chi connectivity index (χ1v) is 20.5. The van der Waals surface area contributed by atoms with Crippen LogP contribution < -0.4 is 9.05 Å². The lowest BCUT2D eigenvalue weighted by molar-refractivity contribution is 0.252. The second-order valence-corrected chi connectivity index (χ2v) is 19.8. The van der Waals surface area contributed by atoms with Gasteiger partial charge in [-0.1, -0.05) is 192 Å². The van der Waals surface area contributed by atoms with E-state index in [9.17, 15) is 0 Å². The Kier molecular flexibility index (Phi) is 14.6. The summed E-state index contributed by atoms with van der Waals surface area (Å²) in [6.45, 7) is 32.9. The Labute approximate surface area is 298 Å². The summed E-state index contributed by atoms with van der Waals surface area (Å²) in [7, 11) is -1.65. The zero-order valence-corrected chi connectivity index (χ0v) is 34.6. The number of benzene rings is 2. The predicted octanol–water partition coefficient (Wildman–Crippen LogP) is 14.7. The van der Waals surface area contributed by atoms with Crippen LogP contribution in [0.4, 0.5) is 0 Å². The Morgan fingerprint density at radius 3 is 1.21 bits per heavy atom. The van der Waals surface area contributed by atoms with Gasteiger partial charge in [0.25, 0.3) is 0 Å². The summed E-state index contributed by atoms with van der Waals surface area (Å²) < 4.78 is 20.6. The molecular weight excluding hydrogens is 607 g/mol. The lowest BCUT2D eigenvalue weighted by Gasteiger charge is -2.36. The van der Waals surface area contributed by atoms with Crippen molar-refractivity contribution in [2.45, 2.75) is 202 Å². The lowest BCUT2D eigenvalue weighted by Crippen LogP contribution is -2.23. The second-order valence-electron chi connectivity index (χ2n) is 18.7. The van der Waals surface area contributed by atoms with Crippen molar-refractivity contribution in [3.8, 4) is 11.5 Å². The molecule has 1 aliphatic rings. The van der Waals surface area contributed by atoms with E-state index in [1.807, 2.05) is 0 Å². The van der Waals surface area contributed by atoms with Crippen LogP contribution in [0.1, 0.15) is 213 Å². The standard InChI is InChI=1S/C44H73O3P/c1-15-16-17-18-19-20-21-22-23-24-25-26-27-45-48-46-39-35(28-33(41(3,4)5)30-37(39)43(9,10)11)32(2)36-29-34(42(6,7)8)31-38(40(36)47-48)44(12,13)14/h28-32H,15-27H2,1-14H3. The highest BCUT2D eigenvalue weighted by Crippen LogP contribution is 2.56. The molecule has 0 aromatic heterocycles. The van der Waals surface area contributed by atoms with Crippen molar-refractivity contribution < 1.29 is 13.6 Å². The summed E-state index contributed by atoms with van der Waals surface area (Å²) in [6.07, 6.45) is 15.9. The van der Waals surface area contributed by atoms with Gasteiger partial charge in [0.05, 0.1) is 6.61 Å². The Hall–Kier alpha value is -1.57. The maximum Gasteiger partial charge on any atom is 0.463 e. The van der Waals surface area contributed by atoms with Gasteiger partial charge in [0.1, 0.15) is 11.5 Å². The minimum atomic E-state index is -1.65. The SMILES string of the molecule is CCCCCCCCCCCCCCOP1Oc2c(cc(C(C)(C)C)cc2C(C)(C)C)C(C)c2cc(C(C)(C)C)cc(C(C)(C)C)c2O1. The van der Waals surface area contributed by atoms with E-state index in [-0.39, 0.29) is 27.6 Å². The maximum atomic E-state index is 6.98. The van der Waals surface area contributed by atoms with Gasteiger partial charge in [0.15, 0.2) is 0 Å². The van der Waals surface area contributed by atoms with E-state index < -0.39 is 8.60 Å². The van der Waals surface area contributed by atoms with E-state index in [0.29, 0.717) is 6.61 Å². The zero-order chi connectivity index (χ0) is 35.9. The first-order chi connectivity index (χ1) is 22.2. The monoisotopic (exact) mass is 681 g/mol. The summed E-state index contributed by atoms with van der Waals surface area (Å²) in [5.74, 6) is 2.00. The summed E-state index contributed by atoms with van der Waals surface area (Å²) in [5.41, 5.74) is 7.44. The number of rotatable bonds is 14. The molecule has 3 nitrogen and oxygen atoms in total. The molecule has 1 heterocycles. The van der Waals surface area contributed by atoms with Crippen LogP contribution in [0.5, 0.6) is 11.5 Å². The van der Waals surface area contributed by atoms with E-state index in [2.05, 4.69) is 121 Å². The molecule has 4 heteroatoms. The average molecular weight is 681 g/mol. The predicted molar refractivity (Wildman–Crippen MR) is 210 cm³/mol. The van der Waals surface area contributed by atoms with Crippen molar-refractivity contribution in [1.29, 1.82) is 0 Å². The van der Waals surface area contributed by atoms with Gasteiger partial charge in [-0.15, -0.1) is 0 Å². The topological polar surface area (TPSA) is 27.7 Å². The van der Waals surface area contributed by atoms with Gasteiger partial charge in [0.2, 0.25) is 0 Å².